The van der Waals surface area contributed by atoms with Gasteiger partial charge in [0.1, 0.15) is 24.0 Å². The second kappa shape index (κ2) is 16.8. The van der Waals surface area contributed by atoms with Gasteiger partial charge >= 0.3 is 0 Å². The number of hydrogen-bond acceptors (Lipinski definition) is 4. The van der Waals surface area contributed by atoms with Gasteiger partial charge in [0.2, 0.25) is 0 Å². The standard InChI is InChI=1S/C64H66N4O/c1-61(2,3)44-28-24-42(25-29-44)51-19-17-20-52(43-26-30-45(31-27-43)62(4,5)6)60(51)67-41-66(56-22-15-16-23-57(56)67)48-36-47(64(10,11)12)37-50(39-48)69-49-32-33-54-53-18-13-14-21-55(53)68(58(54)40-49)59-38-46(34-35-65-59)63(7,8)9/h13-40H,41H2,1-12H3/i24D,25D,26D,27D,28D,29D,30D,31D. The Morgan fingerprint density at radius 3 is 1.61 bits per heavy atom. The number of anilines is 4. The number of hydrogen-bond donors (Lipinski definition) is 0. The normalized spacial score (nSPS) is 15.0. The molecule has 0 saturated heterocycles. The minimum absolute atomic E-state index is 0.0708. The first-order valence-corrected chi connectivity index (χ1v) is 23.9. The summed E-state index contributed by atoms with van der Waals surface area (Å²) < 4.78 is 84.8. The van der Waals surface area contributed by atoms with Crippen molar-refractivity contribution in [3.63, 3.8) is 0 Å². The third-order valence-electron chi connectivity index (χ3n) is 13.1. The van der Waals surface area contributed by atoms with E-state index in [1.165, 1.54) is 5.56 Å². The predicted molar refractivity (Wildman–Crippen MR) is 293 cm³/mol. The first-order valence-electron chi connectivity index (χ1n) is 27.9. The van der Waals surface area contributed by atoms with Crippen LogP contribution in [-0.4, -0.2) is 16.2 Å². The minimum Gasteiger partial charge on any atom is -0.457 e. The summed E-state index contributed by atoms with van der Waals surface area (Å²) in [4.78, 5) is 9.10. The molecular weight excluding hydrogens is 841 g/mol. The van der Waals surface area contributed by atoms with E-state index in [2.05, 4.69) is 106 Å². The van der Waals surface area contributed by atoms with E-state index in [1.807, 2.05) is 95.1 Å². The van der Waals surface area contributed by atoms with E-state index < -0.39 is 10.8 Å². The Labute approximate surface area is 421 Å². The van der Waals surface area contributed by atoms with Crippen LogP contribution in [-0.2, 0) is 21.7 Å². The summed E-state index contributed by atoms with van der Waals surface area (Å²) in [7, 11) is 0. The molecule has 0 bridgehead atoms. The van der Waals surface area contributed by atoms with Crippen LogP contribution in [0.25, 0.3) is 49.9 Å². The molecule has 0 radical (unpaired) electrons. The molecule has 1 aliphatic heterocycles. The van der Waals surface area contributed by atoms with Crippen LogP contribution in [0, 0.1) is 0 Å². The highest BCUT2D eigenvalue weighted by atomic mass is 16.5. The van der Waals surface area contributed by atoms with Crippen molar-refractivity contribution in [2.75, 3.05) is 16.5 Å². The number of para-hydroxylation sites is 4. The zero-order valence-electron chi connectivity index (χ0n) is 50.0. The summed E-state index contributed by atoms with van der Waals surface area (Å²) in [5.41, 5.74) is 6.65. The summed E-state index contributed by atoms with van der Waals surface area (Å²) in [6, 6.07) is 36.8. The van der Waals surface area contributed by atoms with Crippen molar-refractivity contribution < 1.29 is 15.7 Å². The van der Waals surface area contributed by atoms with Crippen LogP contribution in [0.2, 0.25) is 0 Å². The van der Waals surface area contributed by atoms with E-state index in [0.717, 1.165) is 50.2 Å². The molecule has 9 aromatic rings. The topological polar surface area (TPSA) is 33.5 Å². The van der Waals surface area contributed by atoms with Crippen molar-refractivity contribution >= 4 is 44.6 Å². The van der Waals surface area contributed by atoms with Crippen molar-refractivity contribution in [1.82, 2.24) is 9.55 Å². The highest BCUT2D eigenvalue weighted by Crippen LogP contribution is 2.51. The SMILES string of the molecule is [2H]c1c([2H])c(C(C)(C)C)c([2H])c([2H])c1-c1cccc(-c2c([2H])c([2H])c(C(C)(C)C)c([2H])c2[2H])c1N1CN(c2cc(Oc3ccc4c5ccccc5n(-c5cc(C(C)(C)C)ccn5)c4c3)cc(C(C)(C)C)c2)c2ccccc21. The van der Waals surface area contributed by atoms with Crippen LogP contribution in [0.3, 0.4) is 0 Å². The summed E-state index contributed by atoms with van der Waals surface area (Å²) in [5, 5.41) is 2.18. The predicted octanol–water partition coefficient (Wildman–Crippen LogP) is 17.7. The van der Waals surface area contributed by atoms with Crippen molar-refractivity contribution in [3.8, 4) is 39.6 Å². The number of fused-ring (bicyclic) bond motifs is 4. The molecule has 5 heteroatoms. The maximum Gasteiger partial charge on any atom is 0.137 e. The van der Waals surface area contributed by atoms with E-state index in [1.54, 1.807) is 18.2 Å². The van der Waals surface area contributed by atoms with Gasteiger partial charge in [-0.05, 0) is 110 Å². The first kappa shape index (κ1) is 36.9. The Hall–Kier alpha value is -7.11. The zero-order chi connectivity index (χ0) is 55.6. The summed E-state index contributed by atoms with van der Waals surface area (Å²) >= 11 is 0. The highest BCUT2D eigenvalue weighted by molar-refractivity contribution is 6.09. The molecule has 69 heavy (non-hydrogen) atoms. The zero-order valence-corrected chi connectivity index (χ0v) is 42.0. The lowest BCUT2D eigenvalue weighted by Crippen LogP contribution is -2.25. The van der Waals surface area contributed by atoms with Crippen LogP contribution >= 0.6 is 0 Å². The lowest BCUT2D eigenvalue weighted by molar-refractivity contribution is 0.479. The van der Waals surface area contributed by atoms with E-state index in [0.29, 0.717) is 39.4 Å². The molecule has 0 aliphatic carbocycles. The molecular formula is C64H66N4O. The minimum atomic E-state index is -0.700. The number of nitrogens with zero attached hydrogens (tertiary/aromatic N) is 4. The molecule has 348 valence electrons. The first-order chi connectivity index (χ1) is 36.1. The van der Waals surface area contributed by atoms with Gasteiger partial charge in [0.25, 0.3) is 0 Å². The second-order valence-corrected chi connectivity index (χ2v) is 22.4. The molecule has 0 fully saturated rings. The number of pyridine rings is 1. The molecule has 2 aromatic heterocycles. The van der Waals surface area contributed by atoms with Crippen LogP contribution < -0.4 is 14.5 Å². The van der Waals surface area contributed by atoms with Gasteiger partial charge in [0, 0.05) is 45.9 Å². The molecule has 0 unspecified atom stereocenters. The van der Waals surface area contributed by atoms with E-state index in [4.69, 9.17) is 9.72 Å². The summed E-state index contributed by atoms with van der Waals surface area (Å²) in [5.74, 6) is 2.08. The van der Waals surface area contributed by atoms with Gasteiger partial charge in [0.05, 0.1) is 39.1 Å². The molecule has 0 saturated carbocycles. The smallest absolute Gasteiger partial charge is 0.137 e. The highest BCUT2D eigenvalue weighted by Gasteiger charge is 2.33. The van der Waals surface area contributed by atoms with E-state index in [-0.39, 0.29) is 77.0 Å². The maximum absolute atomic E-state index is 9.59. The Kier molecular flexibility index (Phi) is 9.00. The van der Waals surface area contributed by atoms with Crippen molar-refractivity contribution in [3.05, 3.63) is 192 Å². The van der Waals surface area contributed by atoms with Gasteiger partial charge in [-0.15, -0.1) is 0 Å². The average molecular weight is 915 g/mol. The second-order valence-electron chi connectivity index (χ2n) is 22.4. The van der Waals surface area contributed by atoms with Crippen molar-refractivity contribution in [2.45, 2.75) is 105 Å². The Bertz CT molecular complexity index is 3710. The van der Waals surface area contributed by atoms with Crippen LogP contribution in [0.15, 0.2) is 170 Å². The van der Waals surface area contributed by atoms with Gasteiger partial charge in [0.15, 0.2) is 0 Å². The fourth-order valence-corrected chi connectivity index (χ4v) is 9.14. The fourth-order valence-electron chi connectivity index (χ4n) is 9.14. The van der Waals surface area contributed by atoms with Crippen LogP contribution in [0.4, 0.5) is 22.7 Å². The number of rotatable bonds is 7. The summed E-state index contributed by atoms with van der Waals surface area (Å²) in [6.07, 6.45) is 1.88. The van der Waals surface area contributed by atoms with Gasteiger partial charge in [-0.25, -0.2) is 4.98 Å². The molecule has 0 N–H and O–H groups in total. The monoisotopic (exact) mass is 915 g/mol. The van der Waals surface area contributed by atoms with Crippen molar-refractivity contribution in [1.29, 1.82) is 0 Å². The Morgan fingerprint density at radius 2 is 1.01 bits per heavy atom. The van der Waals surface area contributed by atoms with E-state index in [9.17, 15) is 11.0 Å². The van der Waals surface area contributed by atoms with Gasteiger partial charge in [-0.1, -0.05) is 180 Å². The Balaban J connectivity index is 1.16. The number of ether oxygens (including phenoxy) is 1. The molecule has 0 spiro atoms. The lowest BCUT2D eigenvalue weighted by Gasteiger charge is -2.29. The fraction of sp³-hybridized carbons (Fsp3) is 0.266. The quantitative estimate of drug-likeness (QED) is 0.160. The third-order valence-corrected chi connectivity index (χ3v) is 13.1. The molecule has 1 aliphatic rings. The molecule has 5 nitrogen and oxygen atoms in total. The lowest BCUT2D eigenvalue weighted by atomic mass is 9.85. The van der Waals surface area contributed by atoms with Crippen LogP contribution in [0.5, 0.6) is 11.5 Å². The summed E-state index contributed by atoms with van der Waals surface area (Å²) in [6.45, 7) is 24.5. The number of benzene rings is 7. The largest absolute Gasteiger partial charge is 0.457 e. The van der Waals surface area contributed by atoms with Crippen LogP contribution in [0.1, 0.15) is 116 Å². The molecule has 0 amide bonds. The van der Waals surface area contributed by atoms with E-state index >= 15 is 0 Å². The molecule has 10 rings (SSSR count). The number of aromatic nitrogens is 2. The van der Waals surface area contributed by atoms with Gasteiger partial charge in [-0.2, -0.15) is 0 Å². The molecule has 3 heterocycles. The molecule has 7 aromatic carbocycles. The Morgan fingerprint density at radius 1 is 0.464 bits per heavy atom. The molecule has 0 atom stereocenters. The third kappa shape index (κ3) is 8.69. The van der Waals surface area contributed by atoms with Gasteiger partial charge < -0.3 is 14.5 Å². The van der Waals surface area contributed by atoms with Gasteiger partial charge in [-0.3, -0.25) is 4.57 Å². The van der Waals surface area contributed by atoms with Crippen molar-refractivity contribution in [2.24, 2.45) is 0 Å². The average Bonchev–Trinajstić information content (AvgIpc) is 3.90. The maximum atomic E-state index is 9.59.